The van der Waals surface area contributed by atoms with Crippen molar-refractivity contribution in [3.8, 4) is 0 Å². The molecular formula is C14H19N3OS. The highest BCUT2D eigenvalue weighted by Gasteiger charge is 2.19. The van der Waals surface area contributed by atoms with Gasteiger partial charge in [-0.05, 0) is 19.0 Å². The Kier molecular flexibility index (Phi) is 5.01. The summed E-state index contributed by atoms with van der Waals surface area (Å²) in [5.41, 5.74) is 1.21. The minimum Gasteiger partial charge on any atom is -0.374 e. The number of aromatic nitrogens is 2. The molecule has 2 rings (SSSR count). The molecule has 102 valence electrons. The SMILES string of the molecule is CCNC(c1ccccc1)c1nnc(C(C)OC)s1. The van der Waals surface area contributed by atoms with Gasteiger partial charge in [0.1, 0.15) is 16.1 Å². The van der Waals surface area contributed by atoms with Crippen LogP contribution in [0.15, 0.2) is 30.3 Å². The molecule has 1 heterocycles. The maximum absolute atomic E-state index is 5.28. The van der Waals surface area contributed by atoms with Gasteiger partial charge in [-0.1, -0.05) is 48.6 Å². The van der Waals surface area contributed by atoms with Gasteiger partial charge in [0, 0.05) is 7.11 Å². The van der Waals surface area contributed by atoms with Gasteiger partial charge in [-0.2, -0.15) is 0 Å². The van der Waals surface area contributed by atoms with E-state index < -0.39 is 0 Å². The lowest BCUT2D eigenvalue weighted by Gasteiger charge is -2.15. The molecule has 0 fully saturated rings. The van der Waals surface area contributed by atoms with E-state index in [9.17, 15) is 0 Å². The van der Waals surface area contributed by atoms with Gasteiger partial charge in [-0.3, -0.25) is 0 Å². The summed E-state index contributed by atoms with van der Waals surface area (Å²) >= 11 is 1.60. The highest BCUT2D eigenvalue weighted by atomic mass is 32.1. The number of benzene rings is 1. The van der Waals surface area contributed by atoms with Crippen LogP contribution in [0, 0.1) is 0 Å². The Bertz CT molecular complexity index is 500. The molecule has 5 heteroatoms. The summed E-state index contributed by atoms with van der Waals surface area (Å²) in [7, 11) is 1.69. The van der Waals surface area contributed by atoms with Gasteiger partial charge in [-0.15, -0.1) is 10.2 Å². The first-order valence-corrected chi connectivity index (χ1v) is 7.22. The maximum Gasteiger partial charge on any atom is 0.146 e. The number of hydrogen-bond acceptors (Lipinski definition) is 5. The molecule has 0 amide bonds. The summed E-state index contributed by atoms with van der Waals surface area (Å²) in [5, 5.41) is 13.9. The van der Waals surface area contributed by atoms with E-state index in [0.717, 1.165) is 16.6 Å². The number of rotatable bonds is 6. The van der Waals surface area contributed by atoms with Crippen LogP contribution in [0.1, 0.15) is 41.6 Å². The Labute approximate surface area is 117 Å². The van der Waals surface area contributed by atoms with Gasteiger partial charge in [0.2, 0.25) is 0 Å². The van der Waals surface area contributed by atoms with Gasteiger partial charge in [0.25, 0.3) is 0 Å². The van der Waals surface area contributed by atoms with Crippen LogP contribution in [0.2, 0.25) is 0 Å². The Morgan fingerprint density at radius 1 is 1.21 bits per heavy atom. The van der Waals surface area contributed by atoms with Crippen molar-refractivity contribution in [3.63, 3.8) is 0 Å². The van der Waals surface area contributed by atoms with Crippen LogP contribution >= 0.6 is 11.3 Å². The van der Waals surface area contributed by atoms with E-state index in [1.54, 1.807) is 18.4 Å². The molecule has 0 radical (unpaired) electrons. The summed E-state index contributed by atoms with van der Waals surface area (Å²) in [6.07, 6.45) is -0.00991. The molecule has 0 bridgehead atoms. The quantitative estimate of drug-likeness (QED) is 0.882. The second kappa shape index (κ2) is 6.75. The van der Waals surface area contributed by atoms with Crippen LogP contribution in [-0.4, -0.2) is 23.9 Å². The smallest absolute Gasteiger partial charge is 0.146 e. The third kappa shape index (κ3) is 3.37. The van der Waals surface area contributed by atoms with E-state index in [4.69, 9.17) is 4.74 Å². The lowest BCUT2D eigenvalue weighted by Crippen LogP contribution is -2.21. The van der Waals surface area contributed by atoms with Crippen LogP contribution in [0.5, 0.6) is 0 Å². The van der Waals surface area contributed by atoms with Gasteiger partial charge >= 0.3 is 0 Å². The second-order valence-electron chi connectivity index (χ2n) is 4.26. The number of methoxy groups -OCH3 is 1. The molecule has 2 aromatic rings. The molecule has 0 spiro atoms. The van der Waals surface area contributed by atoms with Crippen LogP contribution in [0.4, 0.5) is 0 Å². The monoisotopic (exact) mass is 277 g/mol. The van der Waals surface area contributed by atoms with Gasteiger partial charge in [-0.25, -0.2) is 0 Å². The fourth-order valence-electron chi connectivity index (χ4n) is 1.83. The summed E-state index contributed by atoms with van der Waals surface area (Å²) < 4.78 is 5.28. The van der Waals surface area contributed by atoms with Gasteiger partial charge < -0.3 is 10.1 Å². The topological polar surface area (TPSA) is 47.0 Å². The fourth-order valence-corrected chi connectivity index (χ4v) is 2.80. The largest absolute Gasteiger partial charge is 0.374 e. The van der Waals surface area contributed by atoms with Crippen LogP contribution in [0.3, 0.4) is 0 Å². The van der Waals surface area contributed by atoms with Crippen LogP contribution < -0.4 is 5.32 Å². The highest BCUT2D eigenvalue weighted by molar-refractivity contribution is 7.11. The van der Waals surface area contributed by atoms with Crippen molar-refractivity contribution in [2.24, 2.45) is 0 Å². The number of ether oxygens (including phenoxy) is 1. The Balaban J connectivity index is 2.27. The summed E-state index contributed by atoms with van der Waals surface area (Å²) in [5.74, 6) is 0. The van der Waals surface area contributed by atoms with Crippen LogP contribution in [-0.2, 0) is 4.74 Å². The van der Waals surface area contributed by atoms with E-state index in [2.05, 4.69) is 34.6 Å². The van der Waals surface area contributed by atoms with E-state index >= 15 is 0 Å². The van der Waals surface area contributed by atoms with Crippen molar-refractivity contribution < 1.29 is 4.74 Å². The lowest BCUT2D eigenvalue weighted by atomic mass is 10.1. The zero-order chi connectivity index (χ0) is 13.7. The van der Waals surface area contributed by atoms with E-state index in [-0.39, 0.29) is 12.1 Å². The second-order valence-corrected chi connectivity index (χ2v) is 5.30. The molecule has 1 aromatic heterocycles. The van der Waals surface area contributed by atoms with Crippen molar-refractivity contribution in [3.05, 3.63) is 45.9 Å². The van der Waals surface area contributed by atoms with E-state index in [0.29, 0.717) is 0 Å². The molecule has 2 unspecified atom stereocenters. The molecule has 0 aliphatic rings. The molecule has 0 aliphatic carbocycles. The van der Waals surface area contributed by atoms with Gasteiger partial charge in [0.15, 0.2) is 0 Å². The minimum absolute atomic E-state index is 0.00991. The number of nitrogens with one attached hydrogen (secondary N) is 1. The third-order valence-corrected chi connectivity index (χ3v) is 4.09. The van der Waals surface area contributed by atoms with Crippen molar-refractivity contribution in [1.29, 1.82) is 0 Å². The maximum atomic E-state index is 5.28. The molecule has 19 heavy (non-hydrogen) atoms. The Hall–Kier alpha value is -1.30. The van der Waals surface area contributed by atoms with Crippen molar-refractivity contribution in [1.82, 2.24) is 15.5 Å². The highest BCUT2D eigenvalue weighted by Crippen LogP contribution is 2.28. The van der Waals surface area contributed by atoms with E-state index in [1.165, 1.54) is 5.56 Å². The lowest BCUT2D eigenvalue weighted by molar-refractivity contribution is 0.118. The molecule has 0 aliphatic heterocycles. The molecule has 2 atom stereocenters. The fraction of sp³-hybridized carbons (Fsp3) is 0.429. The van der Waals surface area contributed by atoms with Crippen molar-refractivity contribution in [2.45, 2.75) is 26.0 Å². The van der Waals surface area contributed by atoms with E-state index in [1.807, 2.05) is 25.1 Å². The van der Waals surface area contributed by atoms with Crippen LogP contribution in [0.25, 0.3) is 0 Å². The molecule has 1 N–H and O–H groups in total. The zero-order valence-corrected chi connectivity index (χ0v) is 12.3. The predicted molar refractivity (Wildman–Crippen MR) is 77.3 cm³/mol. The first-order valence-electron chi connectivity index (χ1n) is 6.40. The normalized spacial score (nSPS) is 14.3. The molecular weight excluding hydrogens is 258 g/mol. The zero-order valence-electron chi connectivity index (χ0n) is 11.5. The summed E-state index contributed by atoms with van der Waals surface area (Å²) in [4.78, 5) is 0. The Morgan fingerprint density at radius 2 is 1.89 bits per heavy atom. The third-order valence-electron chi connectivity index (χ3n) is 2.95. The average molecular weight is 277 g/mol. The minimum atomic E-state index is -0.00991. The predicted octanol–water partition coefficient (Wildman–Crippen LogP) is 2.94. The first-order chi connectivity index (χ1) is 9.26. The molecule has 0 saturated carbocycles. The molecule has 4 nitrogen and oxygen atoms in total. The summed E-state index contributed by atoms with van der Waals surface area (Å²) in [6.45, 7) is 4.96. The standard InChI is InChI=1S/C14H19N3OS/c1-4-15-12(11-8-6-5-7-9-11)14-17-16-13(19-14)10(2)18-3/h5-10,12,15H,4H2,1-3H3. The van der Waals surface area contributed by atoms with Crippen molar-refractivity contribution >= 4 is 11.3 Å². The van der Waals surface area contributed by atoms with Gasteiger partial charge in [0.05, 0.1) is 6.04 Å². The first kappa shape index (κ1) is 14.1. The molecule has 1 aromatic carbocycles. The number of hydrogen-bond donors (Lipinski definition) is 1. The average Bonchev–Trinajstić information content (AvgIpc) is 2.94. The Morgan fingerprint density at radius 3 is 2.53 bits per heavy atom. The summed E-state index contributed by atoms with van der Waals surface area (Å²) in [6, 6.07) is 10.4. The van der Waals surface area contributed by atoms with Crippen molar-refractivity contribution in [2.75, 3.05) is 13.7 Å². The molecule has 0 saturated heterocycles. The number of nitrogens with zero attached hydrogens (tertiary/aromatic N) is 2.